The van der Waals surface area contributed by atoms with Gasteiger partial charge in [-0.05, 0) is 18.6 Å². The van der Waals surface area contributed by atoms with Crippen LogP contribution in [0.1, 0.15) is 30.8 Å². The van der Waals surface area contributed by atoms with Crippen LogP contribution >= 0.6 is 0 Å². The number of imidazole rings is 1. The summed E-state index contributed by atoms with van der Waals surface area (Å²) in [5.74, 6) is 1.76. The lowest BCUT2D eigenvalue weighted by molar-refractivity contribution is 0.0737. The molecule has 0 saturated heterocycles. The quantitative estimate of drug-likeness (QED) is 0.546. The molecular formula is C24H28N6O3. The van der Waals surface area contributed by atoms with E-state index in [9.17, 15) is 4.79 Å². The fourth-order valence-electron chi connectivity index (χ4n) is 3.45. The average Bonchev–Trinajstić information content (AvgIpc) is 3.52. The minimum absolute atomic E-state index is 0.175. The molecular weight excluding hydrogens is 420 g/mol. The normalized spacial score (nSPS) is 13.1. The highest BCUT2D eigenvalue weighted by Gasteiger charge is 2.27. The largest absolute Gasteiger partial charge is 0.462 e. The third-order valence-electron chi connectivity index (χ3n) is 5.32. The zero-order valence-corrected chi connectivity index (χ0v) is 19.0. The predicted molar refractivity (Wildman–Crippen MR) is 123 cm³/mol. The number of nitrogens with one attached hydrogen (secondary N) is 2. The standard InChI is InChI=1S/C24H28N6O3/c1-17-11-20(29-22(28-17)21-25-9-10-26-21)24(2,3)15-27-23(31)30(13-19-14-32-16-33-19)12-18-7-5-4-6-8-18/h4-11,14H,12-13,15-16H2,1-3H3,(H,25,26)(H,27,31). The van der Waals surface area contributed by atoms with E-state index in [-0.39, 0.29) is 12.8 Å². The van der Waals surface area contributed by atoms with Gasteiger partial charge in [0.05, 0.1) is 12.2 Å². The second-order valence-corrected chi connectivity index (χ2v) is 8.55. The number of aromatic amines is 1. The van der Waals surface area contributed by atoms with Crippen LogP contribution in [0.15, 0.2) is 60.8 Å². The fraction of sp³-hybridized carbons (Fsp3) is 0.333. The van der Waals surface area contributed by atoms with Crippen molar-refractivity contribution in [2.45, 2.75) is 32.7 Å². The van der Waals surface area contributed by atoms with E-state index in [4.69, 9.17) is 14.5 Å². The maximum absolute atomic E-state index is 13.2. The van der Waals surface area contributed by atoms with Gasteiger partial charge in [0, 0.05) is 36.6 Å². The minimum atomic E-state index is -0.435. The maximum Gasteiger partial charge on any atom is 0.318 e. The first-order valence-corrected chi connectivity index (χ1v) is 10.8. The number of H-pyrrole nitrogens is 1. The summed E-state index contributed by atoms with van der Waals surface area (Å²) in [5, 5.41) is 3.07. The Morgan fingerprint density at radius 3 is 2.73 bits per heavy atom. The zero-order valence-electron chi connectivity index (χ0n) is 19.0. The molecule has 0 aliphatic carbocycles. The SMILES string of the molecule is Cc1cc(C(C)(C)CNC(=O)N(CC2=COCO2)Cc2ccccc2)nc(-c2ncc[nH]2)n1. The highest BCUT2D eigenvalue weighted by Crippen LogP contribution is 2.23. The number of rotatable bonds is 8. The van der Waals surface area contributed by atoms with Gasteiger partial charge in [-0.25, -0.2) is 19.7 Å². The van der Waals surface area contributed by atoms with Crippen LogP contribution in [-0.2, 0) is 21.4 Å². The molecule has 0 radical (unpaired) electrons. The molecule has 2 amide bonds. The van der Waals surface area contributed by atoms with E-state index in [0.29, 0.717) is 37.0 Å². The van der Waals surface area contributed by atoms with Crippen molar-refractivity contribution in [1.82, 2.24) is 30.2 Å². The van der Waals surface area contributed by atoms with Gasteiger partial charge in [-0.2, -0.15) is 0 Å². The predicted octanol–water partition coefficient (Wildman–Crippen LogP) is 3.51. The fourth-order valence-corrected chi connectivity index (χ4v) is 3.45. The van der Waals surface area contributed by atoms with Crippen molar-refractivity contribution in [2.24, 2.45) is 0 Å². The van der Waals surface area contributed by atoms with E-state index in [1.54, 1.807) is 23.6 Å². The Bertz CT molecular complexity index is 1110. The van der Waals surface area contributed by atoms with Gasteiger partial charge in [-0.1, -0.05) is 44.2 Å². The number of carbonyl (C=O) groups is 1. The van der Waals surface area contributed by atoms with Gasteiger partial charge in [0.15, 0.2) is 17.4 Å². The van der Waals surface area contributed by atoms with Gasteiger partial charge in [-0.3, -0.25) is 0 Å². The molecule has 3 aromatic rings. The molecule has 0 atom stereocenters. The van der Waals surface area contributed by atoms with Crippen molar-refractivity contribution in [1.29, 1.82) is 0 Å². The van der Waals surface area contributed by atoms with Crippen LogP contribution in [0, 0.1) is 6.92 Å². The zero-order chi connectivity index (χ0) is 23.3. The molecule has 2 N–H and O–H groups in total. The number of urea groups is 1. The molecule has 9 nitrogen and oxygen atoms in total. The molecule has 2 aromatic heterocycles. The molecule has 1 aromatic carbocycles. The second kappa shape index (κ2) is 9.72. The molecule has 0 unspecified atom stereocenters. The maximum atomic E-state index is 13.2. The summed E-state index contributed by atoms with van der Waals surface area (Å²) in [4.78, 5) is 31.4. The first kappa shape index (κ1) is 22.3. The molecule has 1 aliphatic heterocycles. The van der Waals surface area contributed by atoms with Crippen molar-refractivity contribution in [3.8, 4) is 11.6 Å². The van der Waals surface area contributed by atoms with E-state index >= 15 is 0 Å². The lowest BCUT2D eigenvalue weighted by Crippen LogP contribution is -2.45. The number of hydrogen-bond donors (Lipinski definition) is 2. The first-order chi connectivity index (χ1) is 15.9. The molecule has 3 heterocycles. The third-order valence-corrected chi connectivity index (χ3v) is 5.32. The molecule has 0 spiro atoms. The van der Waals surface area contributed by atoms with Crippen LogP contribution in [0.3, 0.4) is 0 Å². The van der Waals surface area contributed by atoms with Gasteiger partial charge in [-0.15, -0.1) is 0 Å². The van der Waals surface area contributed by atoms with E-state index in [1.165, 1.54) is 0 Å². The van der Waals surface area contributed by atoms with Gasteiger partial charge in [0.25, 0.3) is 0 Å². The molecule has 172 valence electrons. The van der Waals surface area contributed by atoms with Crippen LogP contribution in [0.4, 0.5) is 4.79 Å². The molecule has 33 heavy (non-hydrogen) atoms. The van der Waals surface area contributed by atoms with Gasteiger partial charge in [0.1, 0.15) is 6.26 Å². The second-order valence-electron chi connectivity index (χ2n) is 8.55. The summed E-state index contributed by atoms with van der Waals surface area (Å²) >= 11 is 0. The Labute approximate surface area is 192 Å². The van der Waals surface area contributed by atoms with Crippen molar-refractivity contribution in [3.05, 3.63) is 77.8 Å². The Morgan fingerprint density at radius 1 is 1.21 bits per heavy atom. The molecule has 4 rings (SSSR count). The molecule has 9 heteroatoms. The van der Waals surface area contributed by atoms with Crippen molar-refractivity contribution < 1.29 is 14.3 Å². The number of aromatic nitrogens is 4. The number of ether oxygens (including phenoxy) is 2. The Kier molecular flexibility index (Phi) is 6.58. The lowest BCUT2D eigenvalue weighted by Gasteiger charge is -2.28. The van der Waals surface area contributed by atoms with E-state index in [1.807, 2.05) is 57.2 Å². The Morgan fingerprint density at radius 2 is 2.03 bits per heavy atom. The summed E-state index contributed by atoms with van der Waals surface area (Å²) in [6.45, 7) is 7.33. The number of nitrogens with zero attached hydrogens (tertiary/aromatic N) is 4. The van der Waals surface area contributed by atoms with Crippen molar-refractivity contribution in [2.75, 3.05) is 19.9 Å². The van der Waals surface area contributed by atoms with E-state index < -0.39 is 5.41 Å². The molecule has 0 bridgehead atoms. The van der Waals surface area contributed by atoms with E-state index in [0.717, 1.165) is 17.0 Å². The molecule has 0 fully saturated rings. The topological polar surface area (TPSA) is 105 Å². The van der Waals surface area contributed by atoms with Gasteiger partial charge >= 0.3 is 6.03 Å². The Balaban J connectivity index is 1.47. The van der Waals surface area contributed by atoms with E-state index in [2.05, 4.69) is 20.3 Å². The lowest BCUT2D eigenvalue weighted by atomic mass is 9.88. The van der Waals surface area contributed by atoms with Crippen LogP contribution in [0.5, 0.6) is 0 Å². The monoisotopic (exact) mass is 448 g/mol. The highest BCUT2D eigenvalue weighted by atomic mass is 16.7. The Hall–Kier alpha value is -3.88. The van der Waals surface area contributed by atoms with Crippen molar-refractivity contribution >= 4 is 6.03 Å². The van der Waals surface area contributed by atoms with Crippen LogP contribution in [-0.4, -0.2) is 50.7 Å². The summed E-state index contributed by atoms with van der Waals surface area (Å²) in [6, 6.07) is 11.6. The number of benzene rings is 1. The summed E-state index contributed by atoms with van der Waals surface area (Å²) < 4.78 is 10.6. The van der Waals surface area contributed by atoms with Gasteiger partial charge < -0.3 is 24.7 Å². The number of amides is 2. The number of carbonyl (C=O) groups excluding carboxylic acids is 1. The summed E-state index contributed by atoms with van der Waals surface area (Å²) in [7, 11) is 0. The number of aryl methyl sites for hydroxylation is 1. The first-order valence-electron chi connectivity index (χ1n) is 10.8. The molecule has 1 aliphatic rings. The van der Waals surface area contributed by atoms with Crippen LogP contribution in [0.2, 0.25) is 0 Å². The highest BCUT2D eigenvalue weighted by molar-refractivity contribution is 5.74. The third kappa shape index (κ3) is 5.68. The van der Waals surface area contributed by atoms with Crippen LogP contribution < -0.4 is 5.32 Å². The molecule has 0 saturated carbocycles. The van der Waals surface area contributed by atoms with Crippen LogP contribution in [0.25, 0.3) is 11.6 Å². The van der Waals surface area contributed by atoms with Crippen molar-refractivity contribution in [3.63, 3.8) is 0 Å². The summed E-state index contributed by atoms with van der Waals surface area (Å²) in [6.07, 6.45) is 4.96. The van der Waals surface area contributed by atoms with Gasteiger partial charge in [0.2, 0.25) is 6.79 Å². The summed E-state index contributed by atoms with van der Waals surface area (Å²) in [5.41, 5.74) is 2.25. The number of hydrogen-bond acceptors (Lipinski definition) is 6. The minimum Gasteiger partial charge on any atom is -0.462 e. The average molecular weight is 449 g/mol. The smallest absolute Gasteiger partial charge is 0.318 e.